The van der Waals surface area contributed by atoms with Crippen LogP contribution in [0.1, 0.15) is 13.3 Å². The number of carbonyl (C=O) groups excluding carboxylic acids is 3. The van der Waals surface area contributed by atoms with Crippen LogP contribution in [0.5, 0.6) is 0 Å². The predicted molar refractivity (Wildman–Crippen MR) is 129 cm³/mol. The highest BCUT2D eigenvalue weighted by molar-refractivity contribution is 7.92. The first-order chi connectivity index (χ1) is 16.7. The van der Waals surface area contributed by atoms with Gasteiger partial charge in [-0.3, -0.25) is 14.4 Å². The van der Waals surface area contributed by atoms with Gasteiger partial charge < -0.3 is 15.5 Å². The number of carbonyl (C=O) groups is 3. The van der Waals surface area contributed by atoms with Crippen LogP contribution in [-0.2, 0) is 24.4 Å². The van der Waals surface area contributed by atoms with Crippen molar-refractivity contribution in [2.45, 2.75) is 18.2 Å². The first-order valence-electron chi connectivity index (χ1n) is 10.6. The highest BCUT2D eigenvalue weighted by Gasteiger charge is 2.35. The summed E-state index contributed by atoms with van der Waals surface area (Å²) in [5.74, 6) is -1.35. The van der Waals surface area contributed by atoms with E-state index in [1.165, 1.54) is 48.5 Å². The third-order valence-corrected chi connectivity index (χ3v) is 6.56. The van der Waals surface area contributed by atoms with E-state index in [2.05, 4.69) is 25.3 Å². The van der Waals surface area contributed by atoms with E-state index in [1.807, 2.05) is 0 Å². The third kappa shape index (κ3) is 5.79. The molecule has 12 heteroatoms. The van der Waals surface area contributed by atoms with Gasteiger partial charge in [0.2, 0.25) is 23.7 Å². The molecule has 1 saturated heterocycles. The molecule has 1 aliphatic rings. The van der Waals surface area contributed by atoms with Crippen LogP contribution in [0, 0.1) is 5.92 Å². The first kappa shape index (κ1) is 23.8. The lowest BCUT2D eigenvalue weighted by Gasteiger charge is -2.17. The first-order valence-corrected chi connectivity index (χ1v) is 12.1. The van der Waals surface area contributed by atoms with Crippen molar-refractivity contribution in [3.05, 3.63) is 67.0 Å². The Morgan fingerprint density at radius 1 is 0.943 bits per heavy atom. The van der Waals surface area contributed by atoms with Gasteiger partial charge in [0.1, 0.15) is 0 Å². The molecule has 0 aliphatic carbocycles. The number of hydrogen-bond acceptors (Lipinski definition) is 7. The van der Waals surface area contributed by atoms with Crippen molar-refractivity contribution in [1.82, 2.24) is 9.97 Å². The number of benzene rings is 2. The quantitative estimate of drug-likeness (QED) is 0.456. The van der Waals surface area contributed by atoms with Crippen molar-refractivity contribution in [3.8, 4) is 0 Å². The number of aromatic nitrogens is 2. The third-order valence-electron chi connectivity index (χ3n) is 5.22. The fourth-order valence-electron chi connectivity index (χ4n) is 3.55. The number of anilines is 4. The minimum absolute atomic E-state index is 0.0205. The number of nitrogens with zero attached hydrogens (tertiary/aromatic N) is 3. The minimum Gasteiger partial charge on any atom is -0.326 e. The van der Waals surface area contributed by atoms with E-state index in [4.69, 9.17) is 0 Å². The summed E-state index contributed by atoms with van der Waals surface area (Å²) in [6.07, 6.45) is 2.88. The molecule has 1 atom stereocenters. The maximum absolute atomic E-state index is 12.8. The second kappa shape index (κ2) is 9.89. The van der Waals surface area contributed by atoms with Gasteiger partial charge in [-0.1, -0.05) is 0 Å². The van der Waals surface area contributed by atoms with Crippen molar-refractivity contribution in [1.29, 1.82) is 0 Å². The zero-order valence-electron chi connectivity index (χ0n) is 18.6. The van der Waals surface area contributed by atoms with E-state index in [-0.39, 0.29) is 41.5 Å². The summed E-state index contributed by atoms with van der Waals surface area (Å²) < 4.78 is 27.2. The molecule has 0 spiro atoms. The van der Waals surface area contributed by atoms with E-state index in [1.54, 1.807) is 30.3 Å². The van der Waals surface area contributed by atoms with Gasteiger partial charge in [0.15, 0.2) is 0 Å². The molecule has 2 heterocycles. The molecule has 1 aliphatic heterocycles. The summed E-state index contributed by atoms with van der Waals surface area (Å²) in [6.45, 7) is 1.61. The predicted octanol–water partition coefficient (Wildman–Crippen LogP) is 2.23. The normalized spacial score (nSPS) is 15.5. The molecule has 3 amide bonds. The van der Waals surface area contributed by atoms with Crippen LogP contribution in [0.25, 0.3) is 0 Å². The molecule has 3 N–H and O–H groups in total. The minimum atomic E-state index is -3.89. The van der Waals surface area contributed by atoms with Gasteiger partial charge in [0, 0.05) is 49.3 Å². The van der Waals surface area contributed by atoms with Gasteiger partial charge in [-0.25, -0.2) is 23.1 Å². The molecule has 0 radical (unpaired) electrons. The molecule has 1 aromatic heterocycles. The Balaban J connectivity index is 1.37. The Labute approximate surface area is 201 Å². The highest BCUT2D eigenvalue weighted by atomic mass is 32.2. The smallest absolute Gasteiger partial charge is 0.264 e. The summed E-state index contributed by atoms with van der Waals surface area (Å²) in [5.41, 5.74) is 1.64. The van der Waals surface area contributed by atoms with Gasteiger partial charge in [-0.2, -0.15) is 0 Å². The molecule has 0 saturated carbocycles. The SMILES string of the molecule is CC(=O)Nc1ccc(N2CC(C(=O)Nc3ccc(S(=O)(=O)Nc4ncccn4)cc3)CC2=O)cc1. The standard InChI is InChI=1S/C23H22N6O5S/c1-15(30)26-17-3-7-19(8-4-17)29-14-16(13-21(29)31)22(32)27-18-5-9-20(10-6-18)35(33,34)28-23-24-11-2-12-25-23/h2-12,16H,13-14H2,1H3,(H,26,30)(H,27,32)(H,24,25,28). The average Bonchev–Trinajstić information content (AvgIpc) is 3.22. The van der Waals surface area contributed by atoms with Gasteiger partial charge >= 0.3 is 0 Å². The van der Waals surface area contributed by atoms with Crippen molar-refractivity contribution >= 4 is 50.8 Å². The second-order valence-corrected chi connectivity index (χ2v) is 9.51. The van der Waals surface area contributed by atoms with Gasteiger partial charge in [0.05, 0.1) is 10.8 Å². The number of sulfonamides is 1. The molecule has 180 valence electrons. The van der Waals surface area contributed by atoms with E-state index in [0.717, 1.165) is 0 Å². The van der Waals surface area contributed by atoms with E-state index in [0.29, 0.717) is 17.1 Å². The maximum Gasteiger partial charge on any atom is 0.264 e. The lowest BCUT2D eigenvalue weighted by molar-refractivity contribution is -0.122. The van der Waals surface area contributed by atoms with Crippen LogP contribution in [-0.4, -0.2) is 42.7 Å². The Morgan fingerprint density at radius 2 is 1.54 bits per heavy atom. The number of hydrogen-bond donors (Lipinski definition) is 3. The van der Waals surface area contributed by atoms with Gasteiger partial charge in [0.25, 0.3) is 10.0 Å². The molecular formula is C23H22N6O5S. The molecule has 4 rings (SSSR count). The van der Waals surface area contributed by atoms with E-state index in [9.17, 15) is 22.8 Å². The molecule has 3 aromatic rings. The molecule has 35 heavy (non-hydrogen) atoms. The lowest BCUT2D eigenvalue weighted by Crippen LogP contribution is -2.28. The zero-order chi connectivity index (χ0) is 25.0. The largest absolute Gasteiger partial charge is 0.326 e. The summed E-state index contributed by atoms with van der Waals surface area (Å²) in [6, 6.07) is 14.0. The number of nitrogens with one attached hydrogen (secondary N) is 3. The van der Waals surface area contributed by atoms with E-state index >= 15 is 0 Å². The summed E-state index contributed by atoms with van der Waals surface area (Å²) in [7, 11) is -3.89. The van der Waals surface area contributed by atoms with Crippen molar-refractivity contribution in [3.63, 3.8) is 0 Å². The monoisotopic (exact) mass is 494 g/mol. The Morgan fingerprint density at radius 3 is 2.17 bits per heavy atom. The highest BCUT2D eigenvalue weighted by Crippen LogP contribution is 2.27. The molecular weight excluding hydrogens is 472 g/mol. The summed E-state index contributed by atoms with van der Waals surface area (Å²) in [5, 5.41) is 5.39. The van der Waals surface area contributed by atoms with Crippen LogP contribution in [0.2, 0.25) is 0 Å². The summed E-state index contributed by atoms with van der Waals surface area (Å²) in [4.78, 5) is 45.6. The Bertz CT molecular complexity index is 1350. The number of amides is 3. The molecule has 11 nitrogen and oxygen atoms in total. The van der Waals surface area contributed by atoms with Crippen LogP contribution in [0.3, 0.4) is 0 Å². The lowest BCUT2D eigenvalue weighted by atomic mass is 10.1. The van der Waals surface area contributed by atoms with Crippen LogP contribution < -0.4 is 20.3 Å². The Hall–Kier alpha value is -4.32. The molecule has 1 unspecified atom stereocenters. The fourth-order valence-corrected chi connectivity index (χ4v) is 4.51. The van der Waals surface area contributed by atoms with E-state index < -0.39 is 15.9 Å². The summed E-state index contributed by atoms with van der Waals surface area (Å²) >= 11 is 0. The van der Waals surface area contributed by atoms with Crippen LogP contribution in [0.15, 0.2) is 71.9 Å². The maximum atomic E-state index is 12.8. The second-order valence-electron chi connectivity index (χ2n) is 7.82. The fraction of sp³-hybridized carbons (Fsp3) is 0.174. The van der Waals surface area contributed by atoms with Gasteiger partial charge in [-0.05, 0) is 54.6 Å². The molecule has 0 bridgehead atoms. The topological polar surface area (TPSA) is 150 Å². The van der Waals surface area contributed by atoms with Crippen molar-refractivity contribution in [2.75, 3.05) is 26.8 Å². The van der Waals surface area contributed by atoms with Gasteiger partial charge in [-0.15, -0.1) is 0 Å². The molecule has 2 aromatic carbocycles. The van der Waals surface area contributed by atoms with Crippen molar-refractivity contribution < 1.29 is 22.8 Å². The zero-order valence-corrected chi connectivity index (χ0v) is 19.5. The number of rotatable bonds is 7. The van der Waals surface area contributed by atoms with Crippen molar-refractivity contribution in [2.24, 2.45) is 5.92 Å². The molecule has 1 fully saturated rings. The van der Waals surface area contributed by atoms with Crippen LogP contribution >= 0.6 is 0 Å². The Kier molecular flexibility index (Phi) is 6.73. The average molecular weight is 495 g/mol. The van der Waals surface area contributed by atoms with Crippen LogP contribution in [0.4, 0.5) is 23.0 Å².